The van der Waals surface area contributed by atoms with Crippen LogP contribution in [0.2, 0.25) is 0 Å². The highest BCUT2D eigenvalue weighted by atomic mass is 127. The molecule has 1 aromatic heterocycles. The number of oxazole rings is 1. The monoisotopic (exact) mass is 513 g/mol. The van der Waals surface area contributed by atoms with E-state index < -0.39 is 10.0 Å². The first-order valence-electron chi connectivity index (χ1n) is 8.94. The maximum Gasteiger partial charge on any atom is 0.213 e. The molecule has 0 spiro atoms. The number of halogens is 1. The molecule has 0 atom stereocenters. The maximum atomic E-state index is 11.6. The van der Waals surface area contributed by atoms with Crippen LogP contribution in [0.15, 0.2) is 15.6 Å². The number of guanidine groups is 1. The van der Waals surface area contributed by atoms with Crippen molar-refractivity contribution in [2.75, 3.05) is 32.9 Å². The summed E-state index contributed by atoms with van der Waals surface area (Å²) in [5, 5.41) is 6.50. The molecule has 10 heteroatoms. The average Bonchev–Trinajstić information content (AvgIpc) is 3.04. The van der Waals surface area contributed by atoms with Crippen molar-refractivity contribution in [2.24, 2.45) is 10.9 Å². The van der Waals surface area contributed by atoms with Crippen LogP contribution in [-0.4, -0.2) is 56.6 Å². The Morgan fingerprint density at radius 2 is 1.96 bits per heavy atom. The molecule has 8 nitrogen and oxygen atoms in total. The van der Waals surface area contributed by atoms with Gasteiger partial charge in [-0.25, -0.2) is 17.7 Å². The van der Waals surface area contributed by atoms with Crippen LogP contribution in [0.4, 0.5) is 0 Å². The highest BCUT2D eigenvalue weighted by Crippen LogP contribution is 2.22. The summed E-state index contributed by atoms with van der Waals surface area (Å²) in [5.74, 6) is 2.60. The minimum atomic E-state index is -3.07. The van der Waals surface area contributed by atoms with Gasteiger partial charge in [0.05, 0.1) is 19.0 Å². The van der Waals surface area contributed by atoms with Crippen LogP contribution < -0.4 is 10.6 Å². The second kappa shape index (κ2) is 10.1. The van der Waals surface area contributed by atoms with Crippen LogP contribution in [0.3, 0.4) is 0 Å². The fourth-order valence-corrected chi connectivity index (χ4v) is 3.68. The molecule has 1 aromatic rings. The lowest BCUT2D eigenvalue weighted by molar-refractivity contribution is 0.274. The van der Waals surface area contributed by atoms with Crippen molar-refractivity contribution in [3.63, 3.8) is 0 Å². The zero-order valence-corrected chi connectivity index (χ0v) is 19.9. The van der Waals surface area contributed by atoms with Gasteiger partial charge in [0.25, 0.3) is 0 Å². The topological polar surface area (TPSA) is 99.8 Å². The van der Waals surface area contributed by atoms with Gasteiger partial charge in [0.1, 0.15) is 5.76 Å². The predicted molar refractivity (Wildman–Crippen MR) is 118 cm³/mol. The van der Waals surface area contributed by atoms with Crippen LogP contribution in [0.5, 0.6) is 0 Å². The van der Waals surface area contributed by atoms with Gasteiger partial charge in [0, 0.05) is 32.1 Å². The molecule has 0 amide bonds. The quantitative estimate of drug-likeness (QED) is 0.355. The molecule has 0 bridgehead atoms. The lowest BCUT2D eigenvalue weighted by atomic mass is 9.94. The summed E-state index contributed by atoms with van der Waals surface area (Å²) in [6.07, 6.45) is 4.74. The smallest absolute Gasteiger partial charge is 0.213 e. The molecule has 2 N–H and O–H groups in total. The highest BCUT2D eigenvalue weighted by Gasteiger charge is 2.25. The minimum absolute atomic E-state index is 0. The first-order valence-corrected chi connectivity index (χ1v) is 10.8. The third kappa shape index (κ3) is 7.57. The number of rotatable bonds is 5. The third-order valence-electron chi connectivity index (χ3n) is 4.52. The first-order chi connectivity index (χ1) is 12.1. The molecular weight excluding hydrogens is 481 g/mol. The molecular formula is C17H32IN5O3S. The molecule has 0 unspecified atom stereocenters. The predicted octanol–water partition coefficient (Wildman–Crippen LogP) is 1.93. The number of aliphatic imine (C=N–C) groups is 1. The van der Waals surface area contributed by atoms with Crippen molar-refractivity contribution in [1.82, 2.24) is 19.9 Å². The van der Waals surface area contributed by atoms with Crippen LogP contribution in [-0.2, 0) is 22.0 Å². The number of nitrogens with one attached hydrogen (secondary N) is 2. The number of hydrogen-bond donors (Lipinski definition) is 2. The third-order valence-corrected chi connectivity index (χ3v) is 5.83. The second-order valence-electron chi connectivity index (χ2n) is 7.78. The normalized spacial score (nSPS) is 17.4. The van der Waals surface area contributed by atoms with Crippen LogP contribution in [0.1, 0.15) is 45.3 Å². The van der Waals surface area contributed by atoms with Gasteiger partial charge in [-0.2, -0.15) is 0 Å². The molecule has 1 saturated heterocycles. The summed E-state index contributed by atoms with van der Waals surface area (Å²) in [6, 6.07) is 0. The molecule has 2 rings (SSSR count). The molecule has 1 aliphatic rings. The van der Waals surface area contributed by atoms with Gasteiger partial charge in [-0.05, 0) is 18.8 Å². The van der Waals surface area contributed by atoms with Crippen LogP contribution in [0, 0.1) is 5.92 Å². The van der Waals surface area contributed by atoms with E-state index in [0.717, 1.165) is 25.1 Å². The van der Waals surface area contributed by atoms with Gasteiger partial charge in [-0.15, -0.1) is 24.0 Å². The van der Waals surface area contributed by atoms with E-state index in [4.69, 9.17) is 4.42 Å². The maximum absolute atomic E-state index is 11.6. The van der Waals surface area contributed by atoms with Gasteiger partial charge >= 0.3 is 0 Å². The summed E-state index contributed by atoms with van der Waals surface area (Å²) < 4.78 is 30.4. The van der Waals surface area contributed by atoms with Gasteiger partial charge in [-0.1, -0.05) is 20.8 Å². The molecule has 0 aromatic carbocycles. The van der Waals surface area contributed by atoms with Gasteiger partial charge in [-0.3, -0.25) is 4.99 Å². The average molecular weight is 513 g/mol. The number of aromatic nitrogens is 1. The summed E-state index contributed by atoms with van der Waals surface area (Å²) in [6.45, 7) is 8.64. The molecule has 27 heavy (non-hydrogen) atoms. The van der Waals surface area contributed by atoms with E-state index >= 15 is 0 Å². The van der Waals surface area contributed by atoms with Crippen molar-refractivity contribution in [3.05, 3.63) is 17.8 Å². The second-order valence-corrected chi connectivity index (χ2v) is 9.76. The van der Waals surface area contributed by atoms with Crippen molar-refractivity contribution >= 4 is 40.0 Å². The molecule has 156 valence electrons. The molecule has 0 aliphatic carbocycles. The standard InChI is InChI=1S/C17H31N5O3S.HI/c1-17(2,3)14-11-19-15(25-14)12-21-16(18-4)20-10-13-6-8-22(9-7-13)26(5,23)24;/h11,13H,6-10,12H2,1-5H3,(H2,18,20,21);1H. The van der Waals surface area contributed by atoms with Gasteiger partial charge in [0.15, 0.2) is 5.96 Å². The molecule has 0 saturated carbocycles. The van der Waals surface area contributed by atoms with Crippen molar-refractivity contribution in [1.29, 1.82) is 0 Å². The van der Waals surface area contributed by atoms with Gasteiger partial charge < -0.3 is 15.1 Å². The van der Waals surface area contributed by atoms with E-state index in [0.29, 0.717) is 37.4 Å². The van der Waals surface area contributed by atoms with Crippen molar-refractivity contribution < 1.29 is 12.8 Å². The van der Waals surface area contributed by atoms with Gasteiger partial charge in [0.2, 0.25) is 15.9 Å². The Balaban J connectivity index is 0.00000364. The summed E-state index contributed by atoms with van der Waals surface area (Å²) in [7, 11) is -1.35. The van der Waals surface area contributed by atoms with Crippen LogP contribution in [0.25, 0.3) is 0 Å². The Morgan fingerprint density at radius 1 is 1.33 bits per heavy atom. The Labute approximate surface area is 179 Å². The van der Waals surface area contributed by atoms with Crippen LogP contribution >= 0.6 is 24.0 Å². The number of sulfonamides is 1. The number of piperidine rings is 1. The Bertz CT molecular complexity index is 719. The van der Waals surface area contributed by atoms with E-state index in [1.165, 1.54) is 6.26 Å². The molecule has 0 radical (unpaired) electrons. The Morgan fingerprint density at radius 3 is 2.44 bits per heavy atom. The highest BCUT2D eigenvalue weighted by molar-refractivity contribution is 14.0. The fourth-order valence-electron chi connectivity index (χ4n) is 2.80. The Hall–Kier alpha value is -0.880. The largest absolute Gasteiger partial charge is 0.443 e. The first kappa shape index (κ1) is 24.2. The molecule has 2 heterocycles. The lowest BCUT2D eigenvalue weighted by Gasteiger charge is -2.30. The molecule has 1 aliphatic heterocycles. The zero-order chi connectivity index (χ0) is 19.4. The summed E-state index contributed by atoms with van der Waals surface area (Å²) >= 11 is 0. The van der Waals surface area contributed by atoms with E-state index in [1.54, 1.807) is 17.5 Å². The van der Waals surface area contributed by atoms with E-state index in [1.807, 2.05) is 0 Å². The lowest BCUT2D eigenvalue weighted by Crippen LogP contribution is -2.43. The fraction of sp³-hybridized carbons (Fsp3) is 0.765. The molecule has 1 fully saturated rings. The van der Waals surface area contributed by atoms with E-state index in [9.17, 15) is 8.42 Å². The summed E-state index contributed by atoms with van der Waals surface area (Å²) in [4.78, 5) is 8.51. The minimum Gasteiger partial charge on any atom is -0.443 e. The number of nitrogens with zero attached hydrogens (tertiary/aromatic N) is 3. The SMILES string of the molecule is CN=C(NCc1ncc(C(C)(C)C)o1)NCC1CCN(S(C)(=O)=O)CC1.I. The van der Waals surface area contributed by atoms with Crippen molar-refractivity contribution in [3.8, 4) is 0 Å². The van der Waals surface area contributed by atoms with Crippen molar-refractivity contribution in [2.45, 2.75) is 45.6 Å². The van der Waals surface area contributed by atoms with E-state index in [-0.39, 0.29) is 29.4 Å². The number of hydrogen-bond acceptors (Lipinski definition) is 5. The van der Waals surface area contributed by atoms with E-state index in [2.05, 4.69) is 41.4 Å². The summed E-state index contributed by atoms with van der Waals surface area (Å²) in [5.41, 5.74) is -0.0635. The zero-order valence-electron chi connectivity index (χ0n) is 16.8. The Kier molecular flexibility index (Phi) is 9.00.